The highest BCUT2D eigenvalue weighted by atomic mass is 35.5. The Labute approximate surface area is 122 Å². The maximum Gasteiger partial charge on any atom is 0.321 e. The Bertz CT molecular complexity index is 510. The van der Waals surface area contributed by atoms with Crippen LogP contribution in [0.4, 0.5) is 0 Å². The average Bonchev–Trinajstić information content (AvgIpc) is 2.29. The summed E-state index contributed by atoms with van der Waals surface area (Å²) in [5, 5.41) is 9.35. The first kappa shape index (κ1) is 16.5. The van der Waals surface area contributed by atoms with E-state index in [1.807, 2.05) is 0 Å². The van der Waals surface area contributed by atoms with E-state index in [2.05, 4.69) is 0 Å². The van der Waals surface area contributed by atoms with E-state index < -0.39 is 29.5 Å². The highest BCUT2D eigenvalue weighted by molar-refractivity contribution is 6.31. The lowest BCUT2D eigenvalue weighted by atomic mass is 9.91. The molecule has 0 spiro atoms. The number of carboxylic acid groups (broad SMARTS) is 1. The second-order valence-electron chi connectivity index (χ2n) is 5.40. The standard InChI is InChI=1S/C14H18ClNO4/c1-14(2,3)20-13(19)10(11(16)12(17)18)8-6-4-5-7-9(8)15/h4-7,10-11H,16H2,1-3H3,(H,17,18)/t10-,11-/m0/s1. The fraction of sp³-hybridized carbons (Fsp3) is 0.429. The number of rotatable bonds is 4. The Balaban J connectivity index is 3.20. The minimum absolute atomic E-state index is 0.278. The summed E-state index contributed by atoms with van der Waals surface area (Å²) in [6, 6.07) is 5.06. The van der Waals surface area contributed by atoms with Crippen LogP contribution in [-0.2, 0) is 14.3 Å². The third-order valence-corrected chi connectivity index (χ3v) is 2.89. The van der Waals surface area contributed by atoms with Gasteiger partial charge in [-0.25, -0.2) is 0 Å². The van der Waals surface area contributed by atoms with Gasteiger partial charge in [-0.15, -0.1) is 0 Å². The lowest BCUT2D eigenvalue weighted by Crippen LogP contribution is -2.43. The van der Waals surface area contributed by atoms with Gasteiger partial charge >= 0.3 is 11.9 Å². The third-order valence-electron chi connectivity index (χ3n) is 2.55. The summed E-state index contributed by atoms with van der Waals surface area (Å²) in [4.78, 5) is 23.4. The van der Waals surface area contributed by atoms with Crippen molar-refractivity contribution in [2.45, 2.75) is 38.3 Å². The maximum absolute atomic E-state index is 12.2. The minimum Gasteiger partial charge on any atom is -0.480 e. The zero-order valence-corrected chi connectivity index (χ0v) is 12.3. The fourth-order valence-electron chi connectivity index (χ4n) is 1.70. The lowest BCUT2D eigenvalue weighted by Gasteiger charge is -2.26. The number of carbonyl (C=O) groups is 2. The molecule has 0 heterocycles. The molecule has 0 aromatic heterocycles. The molecule has 0 aliphatic carbocycles. The molecular formula is C14H18ClNO4. The molecule has 6 heteroatoms. The van der Waals surface area contributed by atoms with Crippen molar-refractivity contribution in [2.24, 2.45) is 5.73 Å². The molecule has 2 atom stereocenters. The Morgan fingerprint density at radius 2 is 1.85 bits per heavy atom. The van der Waals surface area contributed by atoms with E-state index in [1.165, 1.54) is 0 Å². The molecule has 0 aliphatic heterocycles. The van der Waals surface area contributed by atoms with E-state index in [0.717, 1.165) is 0 Å². The molecule has 20 heavy (non-hydrogen) atoms. The number of esters is 1. The molecule has 3 N–H and O–H groups in total. The number of hydrogen-bond acceptors (Lipinski definition) is 4. The van der Waals surface area contributed by atoms with Crippen LogP contribution in [-0.4, -0.2) is 28.7 Å². The van der Waals surface area contributed by atoms with Crippen molar-refractivity contribution in [1.82, 2.24) is 0 Å². The van der Waals surface area contributed by atoms with Gasteiger partial charge in [-0.05, 0) is 32.4 Å². The van der Waals surface area contributed by atoms with Gasteiger partial charge in [0.05, 0.1) is 0 Å². The SMILES string of the molecule is CC(C)(C)OC(=O)[C@@H](c1ccccc1Cl)[C@H](N)C(=O)O. The summed E-state index contributed by atoms with van der Waals surface area (Å²) >= 11 is 6.03. The zero-order valence-electron chi connectivity index (χ0n) is 11.6. The van der Waals surface area contributed by atoms with Gasteiger partial charge in [-0.2, -0.15) is 0 Å². The van der Waals surface area contributed by atoms with Gasteiger partial charge in [0.15, 0.2) is 0 Å². The molecule has 0 fully saturated rings. The van der Waals surface area contributed by atoms with Crippen LogP contribution in [0.15, 0.2) is 24.3 Å². The maximum atomic E-state index is 12.2. The molecule has 110 valence electrons. The number of aliphatic carboxylic acids is 1. The third kappa shape index (κ3) is 4.21. The Hall–Kier alpha value is -1.59. The molecule has 0 radical (unpaired) electrons. The number of hydrogen-bond donors (Lipinski definition) is 2. The lowest BCUT2D eigenvalue weighted by molar-refractivity contribution is -0.160. The Kier molecular flexibility index (Phi) is 5.14. The van der Waals surface area contributed by atoms with Gasteiger partial charge in [0.25, 0.3) is 0 Å². The summed E-state index contributed by atoms with van der Waals surface area (Å²) in [5.41, 5.74) is 5.23. The van der Waals surface area contributed by atoms with Gasteiger partial charge in [-0.3, -0.25) is 9.59 Å². The molecule has 1 aromatic rings. The van der Waals surface area contributed by atoms with Gasteiger partial charge < -0.3 is 15.6 Å². The van der Waals surface area contributed by atoms with Gasteiger partial charge in [0, 0.05) is 5.02 Å². The largest absolute Gasteiger partial charge is 0.480 e. The molecular weight excluding hydrogens is 282 g/mol. The second kappa shape index (κ2) is 6.24. The zero-order chi connectivity index (χ0) is 15.5. The van der Waals surface area contributed by atoms with E-state index in [9.17, 15) is 9.59 Å². The second-order valence-corrected chi connectivity index (χ2v) is 5.80. The van der Waals surface area contributed by atoms with Crippen LogP contribution in [0.3, 0.4) is 0 Å². The molecule has 0 saturated carbocycles. The molecule has 1 rings (SSSR count). The van der Waals surface area contributed by atoms with Crippen molar-refractivity contribution in [3.63, 3.8) is 0 Å². The first-order valence-corrected chi connectivity index (χ1v) is 6.47. The molecule has 1 aromatic carbocycles. The number of halogens is 1. The molecule has 0 bridgehead atoms. The van der Waals surface area contributed by atoms with Crippen molar-refractivity contribution in [1.29, 1.82) is 0 Å². The van der Waals surface area contributed by atoms with E-state index >= 15 is 0 Å². The molecule has 0 aliphatic rings. The summed E-state index contributed by atoms with van der Waals surface area (Å²) in [5.74, 6) is -3.15. The topological polar surface area (TPSA) is 89.6 Å². The Morgan fingerprint density at radius 3 is 2.30 bits per heavy atom. The monoisotopic (exact) mass is 299 g/mol. The van der Waals surface area contributed by atoms with E-state index in [1.54, 1.807) is 45.0 Å². The number of ether oxygens (including phenoxy) is 1. The van der Waals surface area contributed by atoms with Crippen molar-refractivity contribution in [2.75, 3.05) is 0 Å². The normalized spacial score (nSPS) is 14.4. The molecule has 0 amide bonds. The smallest absolute Gasteiger partial charge is 0.321 e. The van der Waals surface area contributed by atoms with Crippen LogP contribution >= 0.6 is 11.6 Å². The van der Waals surface area contributed by atoms with Gasteiger partial charge in [-0.1, -0.05) is 29.8 Å². The van der Waals surface area contributed by atoms with Crippen molar-refractivity contribution >= 4 is 23.5 Å². The van der Waals surface area contributed by atoms with Crippen LogP contribution in [0.1, 0.15) is 32.3 Å². The number of nitrogens with two attached hydrogens (primary N) is 1. The van der Waals surface area contributed by atoms with Crippen molar-refractivity contribution in [3.05, 3.63) is 34.9 Å². The highest BCUT2D eigenvalue weighted by Gasteiger charge is 2.36. The van der Waals surface area contributed by atoms with Crippen LogP contribution in [0.5, 0.6) is 0 Å². The van der Waals surface area contributed by atoms with E-state index in [-0.39, 0.29) is 5.02 Å². The van der Waals surface area contributed by atoms with Crippen LogP contribution in [0.25, 0.3) is 0 Å². The minimum atomic E-state index is -1.43. The van der Waals surface area contributed by atoms with E-state index in [4.69, 9.17) is 27.2 Å². The molecule has 0 saturated heterocycles. The van der Waals surface area contributed by atoms with Crippen molar-refractivity contribution in [3.8, 4) is 0 Å². The summed E-state index contributed by atoms with van der Waals surface area (Å²) in [6.07, 6.45) is 0. The van der Waals surface area contributed by atoms with Crippen LogP contribution in [0.2, 0.25) is 5.02 Å². The average molecular weight is 300 g/mol. The predicted molar refractivity (Wildman–Crippen MR) is 75.6 cm³/mol. The predicted octanol–water partition coefficient (Wildman–Crippen LogP) is 2.18. The number of carboxylic acids is 1. The number of benzene rings is 1. The highest BCUT2D eigenvalue weighted by Crippen LogP contribution is 2.29. The van der Waals surface area contributed by atoms with E-state index in [0.29, 0.717) is 5.56 Å². The van der Waals surface area contributed by atoms with Crippen molar-refractivity contribution < 1.29 is 19.4 Å². The molecule has 0 unspecified atom stereocenters. The van der Waals surface area contributed by atoms with Crippen LogP contribution < -0.4 is 5.73 Å². The summed E-state index contributed by atoms with van der Waals surface area (Å²) < 4.78 is 5.24. The summed E-state index contributed by atoms with van der Waals surface area (Å²) in [7, 11) is 0. The number of carbonyl (C=O) groups excluding carboxylic acids is 1. The Morgan fingerprint density at radius 1 is 1.30 bits per heavy atom. The quantitative estimate of drug-likeness (QED) is 0.832. The van der Waals surface area contributed by atoms with Gasteiger partial charge in [0.2, 0.25) is 0 Å². The summed E-state index contributed by atoms with van der Waals surface area (Å²) in [6.45, 7) is 5.09. The fourth-order valence-corrected chi connectivity index (χ4v) is 1.96. The van der Waals surface area contributed by atoms with Crippen LogP contribution in [0, 0.1) is 0 Å². The molecule has 5 nitrogen and oxygen atoms in total. The first-order chi connectivity index (χ1) is 9.13. The first-order valence-electron chi connectivity index (χ1n) is 6.09. The van der Waals surface area contributed by atoms with Gasteiger partial charge in [0.1, 0.15) is 17.6 Å².